The topological polar surface area (TPSA) is 0 Å². The van der Waals surface area contributed by atoms with Gasteiger partial charge in [0.05, 0.1) is 4.08 Å². The Kier molecular flexibility index (Phi) is 3.40. The minimum atomic E-state index is 0.386. The van der Waals surface area contributed by atoms with E-state index in [1.165, 1.54) is 28.2 Å². The molecule has 92 valence electrons. The Bertz CT molecular complexity index is 513. The van der Waals surface area contributed by atoms with E-state index in [4.69, 9.17) is 0 Å². The Hall–Kier alpha value is -0.860. The van der Waals surface area contributed by atoms with Crippen LogP contribution in [-0.2, 0) is 0 Å². The summed E-state index contributed by atoms with van der Waals surface area (Å²) in [5.41, 5.74) is 1.33. The molecule has 0 radical (unpaired) electrons. The van der Waals surface area contributed by atoms with E-state index in [-0.39, 0.29) is 0 Å². The molecule has 0 unspecified atom stereocenters. The molecule has 0 heterocycles. The average molecular weight is 272 g/mol. The van der Waals surface area contributed by atoms with Crippen molar-refractivity contribution in [2.45, 2.75) is 33.6 Å². The third-order valence-electron chi connectivity index (χ3n) is 3.03. The number of thioether (sulfide) groups is 2. The van der Waals surface area contributed by atoms with Crippen molar-refractivity contribution in [3.63, 3.8) is 0 Å². The minimum absolute atomic E-state index is 0.386. The van der Waals surface area contributed by atoms with Gasteiger partial charge in [-0.1, -0.05) is 35.9 Å². The SMILES string of the molecule is Cc1ccc(SC2(Sc3ccccc3)CC2)cc1. The highest BCUT2D eigenvalue weighted by Crippen LogP contribution is 2.61. The quantitative estimate of drug-likeness (QED) is 0.686. The van der Waals surface area contributed by atoms with Gasteiger partial charge in [-0.2, -0.15) is 0 Å². The van der Waals surface area contributed by atoms with Crippen LogP contribution in [0.2, 0.25) is 0 Å². The minimum Gasteiger partial charge on any atom is -0.108 e. The van der Waals surface area contributed by atoms with Gasteiger partial charge >= 0.3 is 0 Å². The summed E-state index contributed by atoms with van der Waals surface area (Å²) in [6.07, 6.45) is 2.62. The van der Waals surface area contributed by atoms with E-state index in [9.17, 15) is 0 Å². The van der Waals surface area contributed by atoms with E-state index in [1.807, 2.05) is 23.5 Å². The first-order valence-corrected chi connectivity index (χ1v) is 7.89. The van der Waals surface area contributed by atoms with E-state index >= 15 is 0 Å². The van der Waals surface area contributed by atoms with Gasteiger partial charge in [-0.15, -0.1) is 23.5 Å². The molecule has 2 aromatic carbocycles. The maximum Gasteiger partial charge on any atom is 0.0706 e. The van der Waals surface area contributed by atoms with Crippen LogP contribution in [0.15, 0.2) is 64.4 Å². The average Bonchev–Trinajstić information content (AvgIpc) is 3.13. The van der Waals surface area contributed by atoms with Gasteiger partial charge in [-0.25, -0.2) is 0 Å². The monoisotopic (exact) mass is 272 g/mol. The highest BCUT2D eigenvalue weighted by atomic mass is 32.2. The second-order valence-electron chi connectivity index (χ2n) is 4.74. The van der Waals surface area contributed by atoms with Crippen molar-refractivity contribution < 1.29 is 0 Å². The zero-order valence-electron chi connectivity index (χ0n) is 10.4. The standard InChI is InChI=1S/C16H16S2/c1-13-7-9-15(10-8-13)18-16(11-12-16)17-14-5-3-2-4-6-14/h2-10H,11-12H2,1H3. The molecule has 0 aromatic heterocycles. The summed E-state index contributed by atoms with van der Waals surface area (Å²) < 4.78 is 0.386. The van der Waals surface area contributed by atoms with Gasteiger partial charge in [0.2, 0.25) is 0 Å². The molecular weight excluding hydrogens is 256 g/mol. The number of aryl methyl sites for hydroxylation is 1. The van der Waals surface area contributed by atoms with Crippen LogP contribution in [0.25, 0.3) is 0 Å². The smallest absolute Gasteiger partial charge is 0.0706 e. The predicted molar refractivity (Wildman–Crippen MR) is 81.3 cm³/mol. The fourth-order valence-electron chi connectivity index (χ4n) is 1.85. The largest absolute Gasteiger partial charge is 0.108 e. The van der Waals surface area contributed by atoms with Crippen LogP contribution in [0.5, 0.6) is 0 Å². The first kappa shape index (κ1) is 12.2. The lowest BCUT2D eigenvalue weighted by Crippen LogP contribution is -1.94. The lowest BCUT2D eigenvalue weighted by Gasteiger charge is -2.14. The molecule has 0 amide bonds. The molecule has 0 spiro atoms. The summed E-state index contributed by atoms with van der Waals surface area (Å²) in [5, 5.41) is 0. The van der Waals surface area contributed by atoms with E-state index in [1.54, 1.807) is 0 Å². The van der Waals surface area contributed by atoms with Gasteiger partial charge in [0.15, 0.2) is 0 Å². The molecule has 0 aliphatic heterocycles. The lowest BCUT2D eigenvalue weighted by atomic mass is 10.2. The van der Waals surface area contributed by atoms with Gasteiger partial charge in [0.1, 0.15) is 0 Å². The third-order valence-corrected chi connectivity index (χ3v) is 6.11. The first-order valence-electron chi connectivity index (χ1n) is 6.26. The van der Waals surface area contributed by atoms with Crippen molar-refractivity contribution in [2.75, 3.05) is 0 Å². The van der Waals surface area contributed by atoms with Crippen molar-refractivity contribution >= 4 is 23.5 Å². The third kappa shape index (κ3) is 2.93. The number of hydrogen-bond acceptors (Lipinski definition) is 2. The molecule has 2 heteroatoms. The Morgan fingerprint density at radius 3 is 1.89 bits per heavy atom. The molecule has 1 aliphatic carbocycles. The molecular formula is C16H16S2. The highest BCUT2D eigenvalue weighted by Gasteiger charge is 2.44. The molecule has 0 atom stereocenters. The number of rotatable bonds is 4. The van der Waals surface area contributed by atoms with Crippen LogP contribution in [0, 0.1) is 6.92 Å². The molecule has 1 fully saturated rings. The van der Waals surface area contributed by atoms with Gasteiger partial charge < -0.3 is 0 Å². The van der Waals surface area contributed by atoms with E-state index in [0.29, 0.717) is 4.08 Å². The van der Waals surface area contributed by atoms with Crippen LogP contribution in [0.1, 0.15) is 18.4 Å². The second kappa shape index (κ2) is 5.02. The van der Waals surface area contributed by atoms with Gasteiger partial charge in [-0.05, 0) is 44.0 Å². The lowest BCUT2D eigenvalue weighted by molar-refractivity contribution is 1.32. The molecule has 2 aromatic rings. The molecule has 1 aliphatic rings. The highest BCUT2D eigenvalue weighted by molar-refractivity contribution is 8.18. The van der Waals surface area contributed by atoms with E-state index in [0.717, 1.165) is 0 Å². The molecule has 0 nitrogen and oxygen atoms in total. The summed E-state index contributed by atoms with van der Waals surface area (Å²) in [4.78, 5) is 2.77. The summed E-state index contributed by atoms with van der Waals surface area (Å²) in [7, 11) is 0. The van der Waals surface area contributed by atoms with Crippen LogP contribution in [0.4, 0.5) is 0 Å². The van der Waals surface area contributed by atoms with Gasteiger partial charge in [-0.3, -0.25) is 0 Å². The summed E-state index contributed by atoms with van der Waals surface area (Å²) in [6.45, 7) is 2.14. The van der Waals surface area contributed by atoms with Gasteiger partial charge in [0.25, 0.3) is 0 Å². The fraction of sp³-hybridized carbons (Fsp3) is 0.250. The molecule has 3 rings (SSSR count). The summed E-state index contributed by atoms with van der Waals surface area (Å²) in [5.74, 6) is 0. The molecule has 0 saturated heterocycles. The number of hydrogen-bond donors (Lipinski definition) is 0. The van der Waals surface area contributed by atoms with Crippen molar-refractivity contribution in [1.82, 2.24) is 0 Å². The Balaban J connectivity index is 1.70. The molecule has 0 N–H and O–H groups in total. The zero-order valence-corrected chi connectivity index (χ0v) is 12.1. The van der Waals surface area contributed by atoms with Gasteiger partial charge in [0, 0.05) is 9.79 Å². The van der Waals surface area contributed by atoms with Crippen LogP contribution >= 0.6 is 23.5 Å². The Morgan fingerprint density at radius 2 is 1.33 bits per heavy atom. The van der Waals surface area contributed by atoms with Crippen LogP contribution in [0.3, 0.4) is 0 Å². The van der Waals surface area contributed by atoms with Crippen molar-refractivity contribution in [3.05, 3.63) is 60.2 Å². The summed E-state index contributed by atoms with van der Waals surface area (Å²) in [6, 6.07) is 19.6. The van der Waals surface area contributed by atoms with Crippen LogP contribution < -0.4 is 0 Å². The van der Waals surface area contributed by atoms with Crippen LogP contribution in [-0.4, -0.2) is 4.08 Å². The van der Waals surface area contributed by atoms with E-state index < -0.39 is 0 Å². The molecule has 18 heavy (non-hydrogen) atoms. The molecule has 1 saturated carbocycles. The number of benzene rings is 2. The first-order chi connectivity index (χ1) is 8.76. The van der Waals surface area contributed by atoms with Crippen molar-refractivity contribution in [2.24, 2.45) is 0 Å². The second-order valence-corrected chi connectivity index (χ2v) is 7.91. The van der Waals surface area contributed by atoms with Crippen molar-refractivity contribution in [1.29, 1.82) is 0 Å². The van der Waals surface area contributed by atoms with Crippen molar-refractivity contribution in [3.8, 4) is 0 Å². The normalized spacial score (nSPS) is 16.5. The predicted octanol–water partition coefficient (Wildman–Crippen LogP) is 5.37. The maximum absolute atomic E-state index is 2.24. The zero-order chi connectivity index (χ0) is 12.4. The maximum atomic E-state index is 2.24. The van der Waals surface area contributed by atoms with E-state index in [2.05, 4.69) is 61.5 Å². The Labute approximate surface area is 117 Å². The Morgan fingerprint density at radius 1 is 0.778 bits per heavy atom. The molecule has 0 bridgehead atoms. The summed E-state index contributed by atoms with van der Waals surface area (Å²) >= 11 is 4.04. The fourth-order valence-corrected chi connectivity index (χ4v) is 4.63.